The highest BCUT2D eigenvalue weighted by Gasteiger charge is 2.22. The number of benzene rings is 2. The Morgan fingerprint density at radius 3 is 2.48 bits per heavy atom. The number of carbonyl (C=O) groups excluding carboxylic acids is 1. The normalized spacial score (nSPS) is 13.5. The van der Waals surface area contributed by atoms with Gasteiger partial charge >= 0.3 is 0 Å². The van der Waals surface area contributed by atoms with Crippen molar-refractivity contribution >= 4 is 50.9 Å². The minimum atomic E-state index is -3.15. The largest absolute Gasteiger partial charge is 0.366 e. The molecule has 0 aromatic heterocycles. The Labute approximate surface area is 193 Å². The van der Waals surface area contributed by atoms with E-state index in [1.807, 2.05) is 32.7 Å². The summed E-state index contributed by atoms with van der Waals surface area (Å²) in [6, 6.07) is 6.82. The summed E-state index contributed by atoms with van der Waals surface area (Å²) >= 11 is 12.2. The predicted molar refractivity (Wildman–Crippen MR) is 127 cm³/mol. The quantitative estimate of drug-likeness (QED) is 0.337. The molecule has 0 N–H and O–H groups in total. The molecule has 0 saturated carbocycles. The molecule has 0 heterocycles. The minimum absolute atomic E-state index is 0.00469. The van der Waals surface area contributed by atoms with Gasteiger partial charge in [0, 0.05) is 24.9 Å². The van der Waals surface area contributed by atoms with Gasteiger partial charge in [-0.1, -0.05) is 37.0 Å². The smallest absolute Gasteiger partial charge is 0.285 e. The molecule has 31 heavy (non-hydrogen) atoms. The summed E-state index contributed by atoms with van der Waals surface area (Å²) in [4.78, 5) is 19.4. The Bertz CT molecular complexity index is 1130. The molecule has 9 heteroatoms. The van der Waals surface area contributed by atoms with Crippen LogP contribution in [0.25, 0.3) is 0 Å². The van der Waals surface area contributed by atoms with Crippen LogP contribution in [0.5, 0.6) is 0 Å². The van der Waals surface area contributed by atoms with E-state index in [0.29, 0.717) is 21.2 Å². The van der Waals surface area contributed by atoms with Crippen LogP contribution in [0, 0.1) is 18.7 Å². The van der Waals surface area contributed by atoms with Gasteiger partial charge in [-0.25, -0.2) is 13.6 Å². The molecule has 0 saturated heterocycles. The van der Waals surface area contributed by atoms with Crippen molar-refractivity contribution < 1.29 is 13.4 Å². The van der Waals surface area contributed by atoms with Crippen LogP contribution in [-0.2, 0) is 9.73 Å². The second kappa shape index (κ2) is 10.6. The molecule has 2 aromatic carbocycles. The Kier molecular flexibility index (Phi) is 8.63. The summed E-state index contributed by atoms with van der Waals surface area (Å²) in [5, 5.41) is 0.111. The molecular formula is C22H26Cl2FN3O2S. The standard InChI is InChI=1S/C22H26Cl2FN3O2S/c1-6-28(5)13-26-20-9-15(4)21(11-18(20)24)31(30,12-14(2)3)27-22(29)16-7-8-19(25)17(23)10-16/h7-11,13-14H,6,12H2,1-5H3. The summed E-state index contributed by atoms with van der Waals surface area (Å²) in [5.41, 5.74) is 1.26. The zero-order valence-corrected chi connectivity index (χ0v) is 20.5. The van der Waals surface area contributed by atoms with E-state index < -0.39 is 21.5 Å². The van der Waals surface area contributed by atoms with Gasteiger partial charge in [0.05, 0.1) is 36.7 Å². The van der Waals surface area contributed by atoms with Gasteiger partial charge in [-0.05, 0) is 55.7 Å². The summed E-state index contributed by atoms with van der Waals surface area (Å²) in [7, 11) is -1.26. The first kappa shape index (κ1) is 25.3. The van der Waals surface area contributed by atoms with Crippen molar-refractivity contribution in [2.45, 2.75) is 32.6 Å². The summed E-state index contributed by atoms with van der Waals surface area (Å²) < 4.78 is 31.5. The van der Waals surface area contributed by atoms with E-state index in [1.165, 1.54) is 12.1 Å². The number of aliphatic imine (C=N–C) groups is 1. The van der Waals surface area contributed by atoms with E-state index in [2.05, 4.69) is 9.36 Å². The molecule has 1 amide bonds. The first-order chi connectivity index (χ1) is 14.5. The van der Waals surface area contributed by atoms with Crippen LogP contribution in [0.15, 0.2) is 44.6 Å². The van der Waals surface area contributed by atoms with Crippen LogP contribution < -0.4 is 0 Å². The van der Waals surface area contributed by atoms with Crippen LogP contribution in [0.3, 0.4) is 0 Å². The number of hydrogen-bond acceptors (Lipinski definition) is 3. The number of rotatable bonds is 7. The van der Waals surface area contributed by atoms with E-state index in [-0.39, 0.29) is 22.3 Å². The number of nitrogens with zero attached hydrogens (tertiary/aromatic N) is 3. The highest BCUT2D eigenvalue weighted by atomic mass is 35.5. The van der Waals surface area contributed by atoms with Gasteiger partial charge in [-0.3, -0.25) is 4.79 Å². The molecule has 2 aromatic rings. The Morgan fingerprint density at radius 1 is 1.23 bits per heavy atom. The summed E-state index contributed by atoms with van der Waals surface area (Å²) in [6.45, 7) is 8.35. The molecule has 168 valence electrons. The first-order valence-electron chi connectivity index (χ1n) is 9.75. The van der Waals surface area contributed by atoms with E-state index >= 15 is 0 Å². The number of aryl methyl sites for hydroxylation is 1. The third kappa shape index (κ3) is 6.51. The zero-order chi connectivity index (χ0) is 23.3. The molecule has 1 unspecified atom stereocenters. The maximum absolute atomic E-state index is 13.9. The Balaban J connectivity index is 2.59. The molecule has 0 fully saturated rings. The molecule has 1 atom stereocenters. The summed E-state index contributed by atoms with van der Waals surface area (Å²) in [6.07, 6.45) is 1.66. The highest BCUT2D eigenvalue weighted by Crippen LogP contribution is 2.33. The topological polar surface area (TPSA) is 62.1 Å². The van der Waals surface area contributed by atoms with Gasteiger partial charge in [0.15, 0.2) is 0 Å². The van der Waals surface area contributed by atoms with Crippen molar-refractivity contribution in [2.75, 3.05) is 19.3 Å². The van der Waals surface area contributed by atoms with E-state index in [1.54, 1.807) is 25.4 Å². The van der Waals surface area contributed by atoms with Crippen LogP contribution in [0.1, 0.15) is 36.7 Å². The van der Waals surface area contributed by atoms with Gasteiger partial charge in [-0.2, -0.15) is 4.36 Å². The van der Waals surface area contributed by atoms with Crippen molar-refractivity contribution in [3.05, 3.63) is 57.3 Å². The van der Waals surface area contributed by atoms with Crippen molar-refractivity contribution in [1.29, 1.82) is 0 Å². The molecule has 0 aliphatic rings. The molecule has 0 spiro atoms. The SMILES string of the molecule is CCN(C)C=Nc1cc(C)c(S(=O)(CC(C)C)=NC(=O)c2ccc(F)c(Cl)c2)cc1Cl. The molecule has 0 bridgehead atoms. The van der Waals surface area contributed by atoms with E-state index in [9.17, 15) is 13.4 Å². The fraction of sp³-hybridized carbons (Fsp3) is 0.364. The van der Waals surface area contributed by atoms with Gasteiger partial charge in [0.1, 0.15) is 5.82 Å². The predicted octanol–water partition coefficient (Wildman–Crippen LogP) is 6.38. The molecule has 5 nitrogen and oxygen atoms in total. The van der Waals surface area contributed by atoms with Crippen molar-refractivity contribution in [3.63, 3.8) is 0 Å². The molecular weight excluding hydrogens is 460 g/mol. The number of carbonyl (C=O) groups is 1. The fourth-order valence-corrected chi connectivity index (χ4v) is 5.73. The Morgan fingerprint density at radius 2 is 1.90 bits per heavy atom. The molecule has 0 aliphatic heterocycles. The van der Waals surface area contributed by atoms with Crippen LogP contribution in [-0.4, -0.2) is 40.7 Å². The third-order valence-corrected chi connectivity index (χ3v) is 7.74. The highest BCUT2D eigenvalue weighted by molar-refractivity contribution is 7.94. The third-order valence-electron chi connectivity index (χ3n) is 4.44. The lowest BCUT2D eigenvalue weighted by Gasteiger charge is -2.16. The number of amides is 1. The average Bonchev–Trinajstić information content (AvgIpc) is 2.69. The average molecular weight is 486 g/mol. The van der Waals surface area contributed by atoms with E-state index in [0.717, 1.165) is 12.6 Å². The second-order valence-electron chi connectivity index (χ2n) is 7.61. The molecule has 0 aliphatic carbocycles. The lowest BCUT2D eigenvalue weighted by molar-refractivity contribution is 0.100. The fourth-order valence-electron chi connectivity index (χ4n) is 2.78. The van der Waals surface area contributed by atoms with Gasteiger partial charge in [-0.15, -0.1) is 0 Å². The first-order valence-corrected chi connectivity index (χ1v) is 12.2. The van der Waals surface area contributed by atoms with Crippen molar-refractivity contribution in [1.82, 2.24) is 4.90 Å². The monoisotopic (exact) mass is 485 g/mol. The zero-order valence-electron chi connectivity index (χ0n) is 18.2. The lowest BCUT2D eigenvalue weighted by atomic mass is 10.2. The lowest BCUT2D eigenvalue weighted by Crippen LogP contribution is -2.16. The van der Waals surface area contributed by atoms with Crippen LogP contribution in [0.4, 0.5) is 10.1 Å². The minimum Gasteiger partial charge on any atom is -0.366 e. The van der Waals surface area contributed by atoms with Crippen LogP contribution in [0.2, 0.25) is 10.0 Å². The number of halogens is 3. The van der Waals surface area contributed by atoms with Gasteiger partial charge in [0.25, 0.3) is 5.91 Å². The van der Waals surface area contributed by atoms with Gasteiger partial charge in [0.2, 0.25) is 0 Å². The maximum Gasteiger partial charge on any atom is 0.285 e. The molecule has 0 radical (unpaired) electrons. The van der Waals surface area contributed by atoms with Crippen molar-refractivity contribution in [2.24, 2.45) is 15.3 Å². The van der Waals surface area contributed by atoms with Gasteiger partial charge < -0.3 is 4.90 Å². The number of hydrogen-bond donors (Lipinski definition) is 0. The van der Waals surface area contributed by atoms with E-state index in [4.69, 9.17) is 23.2 Å². The summed E-state index contributed by atoms with van der Waals surface area (Å²) in [5.74, 6) is -1.22. The maximum atomic E-state index is 13.9. The molecule has 2 rings (SSSR count). The Hall–Kier alpha value is -1.96. The second-order valence-corrected chi connectivity index (χ2v) is 10.7. The van der Waals surface area contributed by atoms with Crippen LogP contribution >= 0.6 is 23.2 Å². The van der Waals surface area contributed by atoms with Crippen molar-refractivity contribution in [3.8, 4) is 0 Å².